The number of anilines is 1. The number of amides is 1. The van der Waals surface area contributed by atoms with Gasteiger partial charge in [0, 0.05) is 56.1 Å². The predicted molar refractivity (Wildman–Crippen MR) is 135 cm³/mol. The van der Waals surface area contributed by atoms with Crippen LogP contribution in [0.2, 0.25) is 0 Å². The molecule has 4 heterocycles. The molecule has 0 N–H and O–H groups in total. The van der Waals surface area contributed by atoms with Crippen LogP contribution in [-0.4, -0.2) is 50.7 Å². The second-order valence-electron chi connectivity index (χ2n) is 9.85. The van der Waals surface area contributed by atoms with E-state index in [4.69, 9.17) is 19.2 Å². The van der Waals surface area contributed by atoms with Crippen molar-refractivity contribution in [3.05, 3.63) is 53.2 Å². The number of hydrogen-bond donors (Lipinski definition) is 0. The molecule has 0 aliphatic carbocycles. The van der Waals surface area contributed by atoms with Crippen molar-refractivity contribution in [3.63, 3.8) is 0 Å². The molecule has 2 aromatic carbocycles. The van der Waals surface area contributed by atoms with Gasteiger partial charge in [-0.15, -0.1) is 0 Å². The third-order valence-corrected chi connectivity index (χ3v) is 7.58. The third kappa shape index (κ3) is 3.24. The van der Waals surface area contributed by atoms with Crippen molar-refractivity contribution in [2.24, 2.45) is 4.99 Å². The van der Waals surface area contributed by atoms with E-state index < -0.39 is 5.41 Å². The highest BCUT2D eigenvalue weighted by Gasteiger charge is 2.58. The van der Waals surface area contributed by atoms with Gasteiger partial charge in [0.2, 0.25) is 12.7 Å². The lowest BCUT2D eigenvalue weighted by atomic mass is 9.73. The van der Waals surface area contributed by atoms with E-state index in [1.165, 1.54) is 0 Å². The first kappa shape index (κ1) is 22.0. The molecule has 0 saturated heterocycles. The first-order valence-corrected chi connectivity index (χ1v) is 12.5. The van der Waals surface area contributed by atoms with E-state index in [0.29, 0.717) is 23.8 Å². The lowest BCUT2D eigenvalue weighted by Gasteiger charge is -2.26. The Labute approximate surface area is 206 Å². The Hall–Kier alpha value is -3.48. The molecular weight excluding hydrogens is 442 g/mol. The van der Waals surface area contributed by atoms with Gasteiger partial charge < -0.3 is 24.0 Å². The van der Waals surface area contributed by atoms with E-state index in [9.17, 15) is 4.79 Å². The predicted octanol–water partition coefficient (Wildman–Crippen LogP) is 4.73. The van der Waals surface area contributed by atoms with Gasteiger partial charge in [-0.3, -0.25) is 4.79 Å². The molecule has 0 radical (unpaired) electrons. The molecule has 182 valence electrons. The van der Waals surface area contributed by atoms with Crippen LogP contribution < -0.4 is 19.1 Å². The zero-order valence-corrected chi connectivity index (χ0v) is 20.6. The number of nitrogens with zero attached hydrogens (tertiary/aromatic N) is 3. The highest BCUT2D eigenvalue weighted by molar-refractivity contribution is 6.13. The molecule has 4 aliphatic heterocycles. The Bertz CT molecular complexity index is 1270. The minimum absolute atomic E-state index is 0.0857. The molecule has 2 aromatic rings. The molecule has 1 atom stereocenters. The van der Waals surface area contributed by atoms with Gasteiger partial charge in [0.15, 0.2) is 11.5 Å². The summed E-state index contributed by atoms with van der Waals surface area (Å²) in [6, 6.07) is 10.1. The number of carbonyl (C=O) groups excluding carboxylic acids is 1. The van der Waals surface area contributed by atoms with Gasteiger partial charge in [-0.2, -0.15) is 0 Å². The monoisotopic (exact) mass is 473 g/mol. The summed E-state index contributed by atoms with van der Waals surface area (Å²) < 4.78 is 17.5. The van der Waals surface area contributed by atoms with Crippen molar-refractivity contribution in [1.29, 1.82) is 0 Å². The number of carbonyl (C=O) groups is 1. The smallest absolute Gasteiger partial charge is 0.245 e. The Kier molecular flexibility index (Phi) is 5.24. The summed E-state index contributed by atoms with van der Waals surface area (Å²) in [5.74, 6) is 3.18. The van der Waals surface area contributed by atoms with Crippen LogP contribution in [-0.2, 0) is 10.2 Å². The molecule has 1 spiro atoms. The maximum Gasteiger partial charge on any atom is 0.245 e. The quantitative estimate of drug-likeness (QED) is 0.588. The Balaban J connectivity index is 1.53. The van der Waals surface area contributed by atoms with Crippen molar-refractivity contribution >= 4 is 23.0 Å². The molecule has 1 unspecified atom stereocenters. The molecule has 7 heteroatoms. The summed E-state index contributed by atoms with van der Waals surface area (Å²) in [4.78, 5) is 23.1. The highest BCUT2D eigenvalue weighted by Crippen LogP contribution is 2.57. The van der Waals surface area contributed by atoms with Gasteiger partial charge in [0.25, 0.3) is 0 Å². The fourth-order valence-electron chi connectivity index (χ4n) is 5.76. The van der Waals surface area contributed by atoms with E-state index in [1.54, 1.807) is 0 Å². The fourth-order valence-corrected chi connectivity index (χ4v) is 5.76. The molecule has 7 nitrogen and oxygen atoms in total. The zero-order valence-electron chi connectivity index (χ0n) is 20.6. The van der Waals surface area contributed by atoms with Crippen LogP contribution in [0.5, 0.6) is 17.2 Å². The average molecular weight is 474 g/mol. The van der Waals surface area contributed by atoms with Crippen LogP contribution in [0.15, 0.2) is 41.5 Å². The lowest BCUT2D eigenvalue weighted by Crippen LogP contribution is -2.43. The van der Waals surface area contributed by atoms with Crippen LogP contribution >= 0.6 is 0 Å². The Morgan fingerprint density at radius 2 is 1.89 bits per heavy atom. The molecular formula is C28H31N3O4. The van der Waals surface area contributed by atoms with Crippen LogP contribution in [0.4, 0.5) is 5.69 Å². The first-order chi connectivity index (χ1) is 17.0. The van der Waals surface area contributed by atoms with Crippen LogP contribution in [0.1, 0.15) is 55.7 Å². The Morgan fingerprint density at radius 1 is 1.06 bits per heavy atom. The summed E-state index contributed by atoms with van der Waals surface area (Å²) in [6.45, 7) is 3.34. The van der Waals surface area contributed by atoms with Crippen LogP contribution in [0.25, 0.3) is 5.57 Å². The molecule has 4 aliphatic rings. The standard InChI is InChI=1S/C28H31N3O4/c1-4-5-6-12-31-21-9-7-8-19(18-10-11-25(29-15-18)30(2)3)26(21)28(27(31)32)16-33-22-14-24-23(13-20(22)28)34-17-35-24/h7-9,13-15H,4-6,10-12,16-17H2,1-3H3. The fraction of sp³-hybridized carbons (Fsp3) is 0.429. The normalized spacial score (nSPS) is 21.6. The third-order valence-electron chi connectivity index (χ3n) is 7.58. The molecule has 0 fully saturated rings. The van der Waals surface area contributed by atoms with Gasteiger partial charge >= 0.3 is 0 Å². The topological polar surface area (TPSA) is 63.6 Å². The number of hydrogen-bond acceptors (Lipinski definition) is 6. The van der Waals surface area contributed by atoms with Gasteiger partial charge in [-0.25, -0.2) is 4.99 Å². The number of allylic oxidation sites excluding steroid dienone is 1. The van der Waals surface area contributed by atoms with Gasteiger partial charge in [-0.1, -0.05) is 31.9 Å². The van der Waals surface area contributed by atoms with Gasteiger partial charge in [-0.05, 0) is 36.1 Å². The molecule has 0 saturated carbocycles. The molecule has 0 bridgehead atoms. The molecule has 6 rings (SSSR count). The minimum atomic E-state index is -0.902. The number of benzene rings is 2. The zero-order chi connectivity index (χ0) is 24.2. The van der Waals surface area contributed by atoms with Gasteiger partial charge in [0.1, 0.15) is 23.6 Å². The summed E-state index contributed by atoms with van der Waals surface area (Å²) in [7, 11) is 4.05. The van der Waals surface area contributed by atoms with Crippen molar-refractivity contribution < 1.29 is 19.0 Å². The number of rotatable bonds is 5. The SMILES string of the molecule is CCCCCN1C(=O)C2(COc3cc4c(cc32)OCO4)c2c(C3=CN=C(N(C)C)CC3)cccc21. The number of aliphatic imine (C=N–C) groups is 1. The maximum atomic E-state index is 14.3. The minimum Gasteiger partial charge on any atom is -0.491 e. The summed E-state index contributed by atoms with van der Waals surface area (Å²) in [5, 5.41) is 0. The highest BCUT2D eigenvalue weighted by atomic mass is 16.7. The van der Waals surface area contributed by atoms with Gasteiger partial charge in [0.05, 0.1) is 0 Å². The van der Waals surface area contributed by atoms with E-state index in [2.05, 4.69) is 30.0 Å². The number of unbranched alkanes of at least 4 members (excludes halogenated alkanes) is 2. The maximum absolute atomic E-state index is 14.3. The average Bonchev–Trinajstić information content (AvgIpc) is 3.55. The lowest BCUT2D eigenvalue weighted by molar-refractivity contribution is -0.122. The van der Waals surface area contributed by atoms with Crippen molar-refractivity contribution in [2.75, 3.05) is 38.9 Å². The van der Waals surface area contributed by atoms with E-state index in [1.807, 2.05) is 37.3 Å². The Morgan fingerprint density at radius 3 is 2.63 bits per heavy atom. The largest absolute Gasteiger partial charge is 0.491 e. The number of fused-ring (bicyclic) bond motifs is 5. The summed E-state index contributed by atoms with van der Waals surface area (Å²) in [5.41, 5.74) is 4.23. The van der Waals surface area contributed by atoms with E-state index in [0.717, 1.165) is 65.9 Å². The molecule has 1 amide bonds. The number of amidine groups is 1. The summed E-state index contributed by atoms with van der Waals surface area (Å²) in [6.07, 6.45) is 6.88. The number of ether oxygens (including phenoxy) is 3. The first-order valence-electron chi connectivity index (χ1n) is 12.5. The summed E-state index contributed by atoms with van der Waals surface area (Å²) >= 11 is 0. The second-order valence-corrected chi connectivity index (χ2v) is 9.85. The van der Waals surface area contributed by atoms with Crippen molar-refractivity contribution in [2.45, 2.75) is 44.4 Å². The molecule has 35 heavy (non-hydrogen) atoms. The van der Waals surface area contributed by atoms with Crippen LogP contribution in [0, 0.1) is 0 Å². The van der Waals surface area contributed by atoms with Crippen molar-refractivity contribution in [1.82, 2.24) is 4.90 Å². The van der Waals surface area contributed by atoms with Crippen molar-refractivity contribution in [3.8, 4) is 17.2 Å². The molecule has 0 aromatic heterocycles. The van der Waals surface area contributed by atoms with Crippen LogP contribution in [0.3, 0.4) is 0 Å². The van der Waals surface area contributed by atoms with E-state index in [-0.39, 0.29) is 19.3 Å². The second kappa shape index (κ2) is 8.33. The van der Waals surface area contributed by atoms with E-state index >= 15 is 0 Å².